The fraction of sp³-hybridized carbons (Fsp3) is 0.538. The smallest absolute Gasteiger partial charge is 0.335 e. The van der Waals surface area contributed by atoms with Crippen molar-refractivity contribution in [3.05, 3.63) is 58.7 Å². The number of carboxylic acids is 2. The number of allylic oxidation sites excluding steroid dienone is 8. The monoisotopic (exact) mass is 492 g/mol. The van der Waals surface area contributed by atoms with Gasteiger partial charge in [-0.2, -0.15) is 0 Å². The Kier molecular flexibility index (Phi) is 9.76. The largest absolute Gasteiger partial charge is 0.479 e. The molecule has 2 rings (SSSR count). The maximum absolute atomic E-state index is 11.4. The second-order valence-corrected chi connectivity index (χ2v) is 9.71. The van der Waals surface area contributed by atoms with Crippen molar-refractivity contribution in [3.8, 4) is 0 Å². The van der Waals surface area contributed by atoms with Gasteiger partial charge in [0.05, 0.1) is 6.10 Å². The van der Waals surface area contributed by atoms with Crippen LogP contribution in [0.4, 0.5) is 0 Å². The Morgan fingerprint density at radius 1 is 1.03 bits per heavy atom. The van der Waals surface area contributed by atoms with Crippen LogP contribution in [0.25, 0.3) is 0 Å². The molecule has 1 saturated heterocycles. The molecule has 0 radical (unpaired) electrons. The van der Waals surface area contributed by atoms with Crippen LogP contribution in [-0.2, 0) is 19.1 Å². The van der Waals surface area contributed by atoms with Crippen LogP contribution in [0.1, 0.15) is 47.5 Å². The first-order chi connectivity index (χ1) is 16.2. The quantitative estimate of drug-likeness (QED) is 0.254. The molecule has 1 fully saturated rings. The molecule has 0 aromatic heterocycles. The Balaban J connectivity index is 2.22. The number of hydrogen-bond donors (Lipinski definition) is 5. The van der Waals surface area contributed by atoms with Crippen molar-refractivity contribution < 1.29 is 44.6 Å². The minimum atomic E-state index is -1.77. The van der Waals surface area contributed by atoms with Gasteiger partial charge in [0.2, 0.25) is 0 Å². The maximum Gasteiger partial charge on any atom is 0.335 e. The summed E-state index contributed by atoms with van der Waals surface area (Å²) in [5.74, 6) is -2.45. The number of aliphatic carboxylic acids is 2. The highest BCUT2D eigenvalue weighted by Gasteiger charge is 2.48. The van der Waals surface area contributed by atoms with Gasteiger partial charge in [-0.3, -0.25) is 0 Å². The molecule has 5 N–H and O–H groups in total. The number of aliphatic hydroxyl groups excluding tert-OH is 3. The van der Waals surface area contributed by atoms with E-state index in [1.54, 1.807) is 19.1 Å². The third-order valence-electron chi connectivity index (χ3n) is 6.36. The van der Waals surface area contributed by atoms with Gasteiger partial charge in [0.1, 0.15) is 18.3 Å². The van der Waals surface area contributed by atoms with E-state index in [0.717, 1.165) is 29.2 Å². The zero-order chi connectivity index (χ0) is 26.5. The summed E-state index contributed by atoms with van der Waals surface area (Å²) in [4.78, 5) is 22.1. The molecule has 0 spiro atoms. The summed E-state index contributed by atoms with van der Waals surface area (Å²) in [6.45, 7) is 9.74. The highest BCUT2D eigenvalue weighted by molar-refractivity contribution is 5.81. The zero-order valence-corrected chi connectivity index (χ0v) is 20.7. The molecule has 6 unspecified atom stereocenters. The highest BCUT2D eigenvalue weighted by atomic mass is 16.7. The SMILES string of the molecule is CC1=C(/C=C/C(C)=C/C=C/C(C)=C/C(=O)O)C(C)(C)CCC1OC1OC(C(=O)O)C(O)C(O)C1O. The summed E-state index contributed by atoms with van der Waals surface area (Å²) in [6, 6.07) is 0. The Hall–Kier alpha value is -2.56. The number of carbonyl (C=O) groups is 2. The van der Waals surface area contributed by atoms with E-state index in [4.69, 9.17) is 14.6 Å². The van der Waals surface area contributed by atoms with E-state index >= 15 is 0 Å². The van der Waals surface area contributed by atoms with E-state index in [1.165, 1.54) is 0 Å². The Morgan fingerprint density at radius 3 is 2.29 bits per heavy atom. The fourth-order valence-corrected chi connectivity index (χ4v) is 4.27. The van der Waals surface area contributed by atoms with Gasteiger partial charge in [-0.1, -0.05) is 49.8 Å². The standard InChI is InChI=1S/C26H36O9/c1-14(7-6-8-15(2)13-19(27)28)9-10-17-16(3)18(11-12-26(17,4)5)34-25-22(31)20(29)21(30)23(35-25)24(32)33/h6-10,13,18,20-23,25,29-31H,11-12H2,1-5H3,(H,27,28)(H,32,33)/b8-6+,10-9+,14-7+,15-13+. The molecule has 194 valence electrons. The average molecular weight is 493 g/mol. The summed E-state index contributed by atoms with van der Waals surface area (Å²) in [5.41, 5.74) is 3.31. The summed E-state index contributed by atoms with van der Waals surface area (Å²) < 4.78 is 11.2. The lowest BCUT2D eigenvalue weighted by atomic mass is 9.71. The van der Waals surface area contributed by atoms with Crippen molar-refractivity contribution in [2.45, 2.75) is 84.3 Å². The van der Waals surface area contributed by atoms with Crippen LogP contribution < -0.4 is 0 Å². The number of aliphatic hydroxyl groups is 3. The third-order valence-corrected chi connectivity index (χ3v) is 6.36. The summed E-state index contributed by atoms with van der Waals surface area (Å²) in [7, 11) is 0. The van der Waals surface area contributed by atoms with Gasteiger partial charge in [0, 0.05) is 6.08 Å². The molecule has 0 aromatic rings. The van der Waals surface area contributed by atoms with E-state index in [1.807, 2.05) is 32.1 Å². The van der Waals surface area contributed by atoms with Crippen molar-refractivity contribution in [3.63, 3.8) is 0 Å². The molecular weight excluding hydrogens is 456 g/mol. The van der Waals surface area contributed by atoms with Crippen molar-refractivity contribution in [1.29, 1.82) is 0 Å². The van der Waals surface area contributed by atoms with Gasteiger partial charge >= 0.3 is 11.9 Å². The van der Waals surface area contributed by atoms with Gasteiger partial charge in [0.15, 0.2) is 12.4 Å². The minimum Gasteiger partial charge on any atom is -0.479 e. The Bertz CT molecular complexity index is 954. The molecule has 35 heavy (non-hydrogen) atoms. The van der Waals surface area contributed by atoms with Gasteiger partial charge in [-0.15, -0.1) is 0 Å². The second kappa shape index (κ2) is 11.9. The molecule has 6 atom stereocenters. The highest BCUT2D eigenvalue weighted by Crippen LogP contribution is 2.42. The molecule has 1 heterocycles. The Labute approximate surface area is 205 Å². The molecule has 9 nitrogen and oxygen atoms in total. The lowest BCUT2D eigenvalue weighted by Crippen LogP contribution is -2.61. The molecule has 1 aliphatic heterocycles. The average Bonchev–Trinajstić information content (AvgIpc) is 2.74. The van der Waals surface area contributed by atoms with Crippen molar-refractivity contribution in [2.24, 2.45) is 5.41 Å². The van der Waals surface area contributed by atoms with E-state index in [2.05, 4.69) is 13.8 Å². The van der Waals surface area contributed by atoms with E-state index in [0.29, 0.717) is 12.0 Å². The first-order valence-corrected chi connectivity index (χ1v) is 11.5. The van der Waals surface area contributed by atoms with Crippen LogP contribution in [-0.4, -0.2) is 74.3 Å². The van der Waals surface area contributed by atoms with E-state index in [-0.39, 0.29) is 5.41 Å². The van der Waals surface area contributed by atoms with Gasteiger partial charge in [0.25, 0.3) is 0 Å². The summed E-state index contributed by atoms with van der Waals surface area (Å²) in [5, 5.41) is 48.3. The van der Waals surface area contributed by atoms with Crippen LogP contribution in [0, 0.1) is 5.41 Å². The normalized spacial score (nSPS) is 32.5. The van der Waals surface area contributed by atoms with Gasteiger partial charge in [-0.05, 0) is 55.7 Å². The molecule has 1 aliphatic carbocycles. The predicted molar refractivity (Wildman–Crippen MR) is 128 cm³/mol. The van der Waals surface area contributed by atoms with Crippen LogP contribution in [0.15, 0.2) is 58.7 Å². The molecule has 0 saturated carbocycles. The van der Waals surface area contributed by atoms with E-state index in [9.17, 15) is 30.0 Å². The number of ether oxygens (including phenoxy) is 2. The van der Waals surface area contributed by atoms with Crippen molar-refractivity contribution in [2.75, 3.05) is 0 Å². The molecule has 0 aromatic carbocycles. The van der Waals surface area contributed by atoms with Crippen LogP contribution >= 0.6 is 0 Å². The fourth-order valence-electron chi connectivity index (χ4n) is 4.27. The minimum absolute atomic E-state index is 0.164. The number of hydrogen-bond acceptors (Lipinski definition) is 7. The molecule has 0 amide bonds. The predicted octanol–water partition coefficient (Wildman–Crippen LogP) is 2.49. The number of carboxylic acid groups (broad SMARTS) is 2. The Morgan fingerprint density at radius 2 is 1.69 bits per heavy atom. The third kappa shape index (κ3) is 7.46. The lowest BCUT2D eigenvalue weighted by Gasteiger charge is -2.42. The zero-order valence-electron chi connectivity index (χ0n) is 20.7. The molecule has 2 aliphatic rings. The first kappa shape index (κ1) is 28.7. The van der Waals surface area contributed by atoms with Crippen LogP contribution in [0.3, 0.4) is 0 Å². The summed E-state index contributed by atoms with van der Waals surface area (Å²) >= 11 is 0. The molecule has 0 bridgehead atoms. The van der Waals surface area contributed by atoms with Crippen LogP contribution in [0.5, 0.6) is 0 Å². The second-order valence-electron chi connectivity index (χ2n) is 9.71. The van der Waals surface area contributed by atoms with E-state index < -0.39 is 48.7 Å². The summed E-state index contributed by atoms with van der Waals surface area (Å²) in [6.07, 6.45) is 3.07. The molecule has 9 heteroatoms. The topological polar surface area (TPSA) is 154 Å². The van der Waals surface area contributed by atoms with Crippen molar-refractivity contribution >= 4 is 11.9 Å². The first-order valence-electron chi connectivity index (χ1n) is 11.5. The molecular formula is C26H36O9. The maximum atomic E-state index is 11.4. The van der Waals surface area contributed by atoms with Crippen LogP contribution in [0.2, 0.25) is 0 Å². The number of rotatable bonds is 8. The van der Waals surface area contributed by atoms with Crippen molar-refractivity contribution in [1.82, 2.24) is 0 Å². The van der Waals surface area contributed by atoms with Gasteiger partial charge in [-0.25, -0.2) is 9.59 Å². The van der Waals surface area contributed by atoms with Gasteiger partial charge < -0.3 is 35.0 Å². The lowest BCUT2D eigenvalue weighted by molar-refractivity contribution is -0.302.